The molecule has 1 saturated carbocycles. The van der Waals surface area contributed by atoms with Crippen LogP contribution in [-0.2, 0) is 15.6 Å². The predicted octanol–water partition coefficient (Wildman–Crippen LogP) is 4.23. The average molecular weight is 422 g/mol. The van der Waals surface area contributed by atoms with Crippen molar-refractivity contribution in [3.05, 3.63) is 34.3 Å². The monoisotopic (exact) mass is 421 g/mol. The van der Waals surface area contributed by atoms with Crippen LogP contribution in [0.2, 0.25) is 0 Å². The van der Waals surface area contributed by atoms with Crippen LogP contribution >= 0.6 is 15.9 Å². The van der Waals surface area contributed by atoms with Gasteiger partial charge in [-0.05, 0) is 42.3 Å². The van der Waals surface area contributed by atoms with Gasteiger partial charge in [-0.15, -0.1) is 6.58 Å². The number of carbonyl (C=O) groups is 1. The minimum atomic E-state index is -0.358. The van der Waals surface area contributed by atoms with Crippen molar-refractivity contribution >= 4 is 21.7 Å². The SMILES string of the molecule is C=CCNCC1CCC(=O)C[C@]12CC(C)(C)c1c(Br)cc(OC)c(O)c12. The molecule has 0 aromatic heterocycles. The number of benzene rings is 1. The zero-order valence-electron chi connectivity index (χ0n) is 15.8. The number of halogens is 1. The van der Waals surface area contributed by atoms with Crippen LogP contribution in [0.15, 0.2) is 23.2 Å². The number of carbonyl (C=O) groups excluding carboxylic acids is 1. The standard InChI is InChI=1S/C21H28BrNO3/c1-5-8-23-11-13-6-7-14(24)10-21(13)12-20(2,3)17-15(22)9-16(26-4)19(25)18(17)21/h5,9,13,23,25H,1,6-8,10-12H2,2-4H3/t13?,21-/m0/s1. The number of phenolic OH excluding ortho intramolecular Hbond substituents is 1. The van der Waals surface area contributed by atoms with Gasteiger partial charge in [0.25, 0.3) is 0 Å². The molecule has 0 amide bonds. The van der Waals surface area contributed by atoms with Crippen LogP contribution in [0.3, 0.4) is 0 Å². The Hall–Kier alpha value is -1.33. The lowest BCUT2D eigenvalue weighted by atomic mass is 9.61. The Morgan fingerprint density at radius 1 is 1.46 bits per heavy atom. The summed E-state index contributed by atoms with van der Waals surface area (Å²) < 4.78 is 6.36. The normalized spacial score (nSPS) is 26.8. The minimum Gasteiger partial charge on any atom is -0.504 e. The lowest BCUT2D eigenvalue weighted by Gasteiger charge is -2.43. The molecule has 0 saturated heterocycles. The van der Waals surface area contributed by atoms with E-state index < -0.39 is 0 Å². The Labute approximate surface area is 164 Å². The van der Waals surface area contributed by atoms with Gasteiger partial charge in [0.2, 0.25) is 0 Å². The third kappa shape index (κ3) is 2.99. The number of ketones is 1. The molecule has 0 heterocycles. The van der Waals surface area contributed by atoms with Crippen LogP contribution < -0.4 is 10.1 Å². The number of hydrogen-bond donors (Lipinski definition) is 2. The summed E-state index contributed by atoms with van der Waals surface area (Å²) in [5.74, 6) is 1.22. The van der Waals surface area contributed by atoms with E-state index in [0.717, 1.165) is 41.5 Å². The van der Waals surface area contributed by atoms with Crippen molar-refractivity contribution in [2.75, 3.05) is 20.2 Å². The van der Waals surface area contributed by atoms with Crippen molar-refractivity contribution in [1.29, 1.82) is 0 Å². The largest absolute Gasteiger partial charge is 0.504 e. The molecule has 2 aliphatic carbocycles. The number of methoxy groups -OCH3 is 1. The smallest absolute Gasteiger partial charge is 0.161 e. The zero-order chi connectivity index (χ0) is 19.1. The lowest BCUT2D eigenvalue weighted by molar-refractivity contribution is -0.123. The summed E-state index contributed by atoms with van der Waals surface area (Å²) in [6, 6.07) is 1.84. The number of fused-ring (bicyclic) bond motifs is 2. The van der Waals surface area contributed by atoms with E-state index in [1.54, 1.807) is 7.11 Å². The predicted molar refractivity (Wildman–Crippen MR) is 107 cm³/mol. The highest BCUT2D eigenvalue weighted by Crippen LogP contribution is 2.62. The van der Waals surface area contributed by atoms with Gasteiger partial charge in [-0.1, -0.05) is 35.9 Å². The highest BCUT2D eigenvalue weighted by molar-refractivity contribution is 9.10. The Balaban J connectivity index is 2.19. The zero-order valence-corrected chi connectivity index (χ0v) is 17.4. The van der Waals surface area contributed by atoms with Gasteiger partial charge < -0.3 is 15.2 Å². The number of nitrogens with one attached hydrogen (secondary N) is 1. The van der Waals surface area contributed by atoms with Crippen LogP contribution in [-0.4, -0.2) is 31.1 Å². The fourth-order valence-electron chi connectivity index (χ4n) is 5.24. The van der Waals surface area contributed by atoms with Crippen LogP contribution in [0.1, 0.15) is 50.7 Å². The topological polar surface area (TPSA) is 58.6 Å². The first kappa shape index (κ1) is 19.4. The van der Waals surface area contributed by atoms with Crippen molar-refractivity contribution in [2.45, 2.75) is 50.4 Å². The number of ether oxygens (including phenoxy) is 1. The van der Waals surface area contributed by atoms with Crippen LogP contribution in [0.4, 0.5) is 0 Å². The molecule has 2 aliphatic rings. The molecule has 1 unspecified atom stereocenters. The number of phenols is 1. The number of hydrogen-bond acceptors (Lipinski definition) is 4. The molecular weight excluding hydrogens is 394 g/mol. The Morgan fingerprint density at radius 2 is 2.19 bits per heavy atom. The van der Waals surface area contributed by atoms with Crippen LogP contribution in [0.5, 0.6) is 11.5 Å². The molecule has 1 aromatic rings. The Kier molecular flexibility index (Phi) is 5.24. The number of rotatable bonds is 5. The molecule has 4 nitrogen and oxygen atoms in total. The Bertz CT molecular complexity index is 743. The van der Waals surface area contributed by atoms with E-state index in [1.807, 2.05) is 12.1 Å². The summed E-state index contributed by atoms with van der Waals surface area (Å²) in [6.07, 6.45) is 4.64. The van der Waals surface area contributed by atoms with Crippen molar-refractivity contribution in [2.24, 2.45) is 5.92 Å². The second-order valence-corrected chi connectivity index (χ2v) is 9.13. The maximum absolute atomic E-state index is 12.5. The fourth-order valence-corrected chi connectivity index (χ4v) is 6.18. The fraction of sp³-hybridized carbons (Fsp3) is 0.571. The third-order valence-corrected chi connectivity index (χ3v) is 6.74. The van der Waals surface area contributed by atoms with Gasteiger partial charge in [-0.25, -0.2) is 0 Å². The molecule has 5 heteroatoms. The lowest BCUT2D eigenvalue weighted by Crippen LogP contribution is -2.45. The highest BCUT2D eigenvalue weighted by Gasteiger charge is 2.56. The van der Waals surface area contributed by atoms with Crippen molar-refractivity contribution in [3.63, 3.8) is 0 Å². The summed E-state index contributed by atoms with van der Waals surface area (Å²) in [5.41, 5.74) is 1.53. The molecule has 0 bridgehead atoms. The molecule has 1 fully saturated rings. The Morgan fingerprint density at radius 3 is 2.85 bits per heavy atom. The van der Waals surface area contributed by atoms with Gasteiger partial charge in [-0.3, -0.25) is 4.79 Å². The van der Waals surface area contributed by atoms with E-state index in [-0.39, 0.29) is 28.3 Å². The summed E-state index contributed by atoms with van der Waals surface area (Å²) in [4.78, 5) is 12.5. The van der Waals surface area contributed by atoms with Crippen LogP contribution in [0, 0.1) is 5.92 Å². The molecule has 142 valence electrons. The summed E-state index contributed by atoms with van der Waals surface area (Å²) in [7, 11) is 1.57. The number of aromatic hydroxyl groups is 1. The molecule has 0 aliphatic heterocycles. The first-order chi connectivity index (χ1) is 12.3. The third-order valence-electron chi connectivity index (χ3n) is 6.11. The van der Waals surface area contributed by atoms with Gasteiger partial charge in [0, 0.05) is 34.8 Å². The van der Waals surface area contributed by atoms with E-state index in [9.17, 15) is 9.90 Å². The van der Waals surface area contributed by atoms with E-state index in [2.05, 4.69) is 41.7 Å². The quantitative estimate of drug-likeness (QED) is 0.551. The second kappa shape index (κ2) is 7.01. The molecule has 2 atom stereocenters. The summed E-state index contributed by atoms with van der Waals surface area (Å²) >= 11 is 3.69. The second-order valence-electron chi connectivity index (χ2n) is 8.27. The van der Waals surface area contributed by atoms with Gasteiger partial charge in [0.15, 0.2) is 11.5 Å². The maximum atomic E-state index is 12.5. The minimum absolute atomic E-state index is 0.133. The molecule has 1 aromatic carbocycles. The van der Waals surface area contributed by atoms with Crippen molar-refractivity contribution in [3.8, 4) is 11.5 Å². The maximum Gasteiger partial charge on any atom is 0.161 e. The first-order valence-electron chi connectivity index (χ1n) is 9.20. The summed E-state index contributed by atoms with van der Waals surface area (Å²) in [5, 5.41) is 14.5. The van der Waals surface area contributed by atoms with Crippen molar-refractivity contribution in [1.82, 2.24) is 5.32 Å². The molecule has 26 heavy (non-hydrogen) atoms. The van der Waals surface area contributed by atoms with E-state index in [1.165, 1.54) is 0 Å². The molecule has 2 N–H and O–H groups in total. The van der Waals surface area contributed by atoms with Gasteiger partial charge >= 0.3 is 0 Å². The highest BCUT2D eigenvalue weighted by atomic mass is 79.9. The molecule has 3 rings (SSSR count). The van der Waals surface area contributed by atoms with E-state index >= 15 is 0 Å². The van der Waals surface area contributed by atoms with Crippen LogP contribution in [0.25, 0.3) is 0 Å². The molecule has 0 radical (unpaired) electrons. The van der Waals surface area contributed by atoms with E-state index in [0.29, 0.717) is 18.6 Å². The van der Waals surface area contributed by atoms with Gasteiger partial charge in [-0.2, -0.15) is 0 Å². The van der Waals surface area contributed by atoms with E-state index in [4.69, 9.17) is 4.74 Å². The first-order valence-corrected chi connectivity index (χ1v) is 10.00. The molecular formula is C21H28BrNO3. The summed E-state index contributed by atoms with van der Waals surface area (Å²) in [6.45, 7) is 9.72. The average Bonchev–Trinajstić information content (AvgIpc) is 2.81. The van der Waals surface area contributed by atoms with Gasteiger partial charge in [0.1, 0.15) is 5.78 Å². The van der Waals surface area contributed by atoms with Crippen molar-refractivity contribution < 1.29 is 14.6 Å². The van der Waals surface area contributed by atoms with Gasteiger partial charge in [0.05, 0.1) is 7.11 Å². The molecule has 1 spiro atoms. The number of Topliss-reactive ketones (excluding diaryl/α,β-unsaturated/α-hetero) is 1.